The third-order valence-corrected chi connectivity index (χ3v) is 3.80. The Morgan fingerprint density at radius 3 is 2.87 bits per heavy atom. The number of anilines is 1. The van der Waals surface area contributed by atoms with Crippen molar-refractivity contribution in [3.05, 3.63) is 21.5 Å². The highest BCUT2D eigenvalue weighted by Gasteiger charge is 2.19. The van der Waals surface area contributed by atoms with Crippen molar-refractivity contribution >= 4 is 45.4 Å². The third-order valence-electron chi connectivity index (χ3n) is 1.71. The summed E-state index contributed by atoms with van der Waals surface area (Å²) in [6, 6.07) is 1.76. The van der Waals surface area contributed by atoms with Gasteiger partial charge in [0, 0.05) is 5.56 Å². The second-order valence-electron chi connectivity index (χ2n) is 2.64. The molecule has 0 bridgehead atoms. The lowest BCUT2D eigenvalue weighted by atomic mass is 10.2. The van der Waals surface area contributed by atoms with Crippen LogP contribution in [-0.2, 0) is 0 Å². The maximum atomic E-state index is 10.9. The molecule has 2 aromatic rings. The van der Waals surface area contributed by atoms with Crippen molar-refractivity contribution in [2.75, 3.05) is 5.73 Å². The molecule has 3 N–H and O–H groups in total. The average Bonchev–Trinajstić information content (AvgIpc) is 2.71. The monoisotopic (exact) mass is 260 g/mol. The topological polar surface area (TPSA) is 76.2 Å². The van der Waals surface area contributed by atoms with Gasteiger partial charge in [-0.25, -0.2) is 9.78 Å². The molecule has 0 fully saturated rings. The summed E-state index contributed by atoms with van der Waals surface area (Å²) in [6.45, 7) is 0. The van der Waals surface area contributed by atoms with Gasteiger partial charge in [0.15, 0.2) is 10.8 Å². The van der Waals surface area contributed by atoms with Gasteiger partial charge in [-0.15, -0.1) is 11.3 Å². The van der Waals surface area contributed by atoms with Crippen LogP contribution >= 0.6 is 34.3 Å². The first kappa shape index (κ1) is 10.4. The van der Waals surface area contributed by atoms with E-state index in [1.165, 1.54) is 11.3 Å². The van der Waals surface area contributed by atoms with Crippen LogP contribution < -0.4 is 5.73 Å². The lowest BCUT2D eigenvalue weighted by molar-refractivity contribution is 0.0692. The number of carboxylic acids is 1. The van der Waals surface area contributed by atoms with Crippen LogP contribution in [0.15, 0.2) is 11.4 Å². The quantitative estimate of drug-likeness (QED) is 0.871. The highest BCUT2D eigenvalue weighted by Crippen LogP contribution is 2.38. The van der Waals surface area contributed by atoms with Gasteiger partial charge in [0.1, 0.15) is 4.34 Å². The molecule has 0 amide bonds. The molecule has 7 heteroatoms. The second kappa shape index (κ2) is 3.80. The van der Waals surface area contributed by atoms with Gasteiger partial charge in [-0.05, 0) is 11.4 Å². The zero-order valence-electron chi connectivity index (χ0n) is 7.23. The largest absolute Gasteiger partial charge is 0.476 e. The number of halogens is 1. The van der Waals surface area contributed by atoms with Crippen LogP contribution in [-0.4, -0.2) is 16.1 Å². The summed E-state index contributed by atoms with van der Waals surface area (Å²) < 4.78 is 0.543. The van der Waals surface area contributed by atoms with E-state index in [2.05, 4.69) is 4.98 Å². The molecule has 0 saturated carbocycles. The van der Waals surface area contributed by atoms with Gasteiger partial charge in [0.25, 0.3) is 0 Å². The van der Waals surface area contributed by atoms with E-state index >= 15 is 0 Å². The number of carbonyl (C=O) groups is 1. The summed E-state index contributed by atoms with van der Waals surface area (Å²) in [5.41, 5.74) is 6.11. The Labute approximate surface area is 98.0 Å². The number of aromatic nitrogens is 1. The van der Waals surface area contributed by atoms with E-state index in [1.807, 2.05) is 0 Å². The molecule has 0 spiro atoms. The Balaban J connectivity index is 2.62. The molecule has 15 heavy (non-hydrogen) atoms. The summed E-state index contributed by atoms with van der Waals surface area (Å²) in [6.07, 6.45) is 0. The standard InChI is InChI=1S/C8H5ClN2O2S2/c9-6-3(1-2-14-6)5-4(7(12)13)11-8(10)15-5/h1-2H,(H2,10,11)(H,12,13). The molecular weight excluding hydrogens is 256 g/mol. The van der Waals surface area contributed by atoms with Gasteiger partial charge in [-0.3, -0.25) is 0 Å². The molecule has 0 saturated heterocycles. The first-order valence-electron chi connectivity index (χ1n) is 3.82. The second-order valence-corrected chi connectivity index (χ2v) is 5.19. The lowest BCUT2D eigenvalue weighted by Crippen LogP contribution is -1.98. The third kappa shape index (κ3) is 1.83. The highest BCUT2D eigenvalue weighted by molar-refractivity contribution is 7.20. The summed E-state index contributed by atoms with van der Waals surface area (Å²) in [5, 5.41) is 10.9. The number of thiazole rings is 1. The molecule has 0 aliphatic heterocycles. The van der Waals surface area contributed by atoms with Gasteiger partial charge >= 0.3 is 5.97 Å². The zero-order chi connectivity index (χ0) is 11.0. The van der Waals surface area contributed by atoms with Gasteiger partial charge in [-0.1, -0.05) is 22.9 Å². The van der Waals surface area contributed by atoms with Crippen molar-refractivity contribution in [3.8, 4) is 10.4 Å². The smallest absolute Gasteiger partial charge is 0.356 e. The Morgan fingerprint density at radius 2 is 2.33 bits per heavy atom. The average molecular weight is 261 g/mol. The Bertz CT molecular complexity index is 520. The van der Waals surface area contributed by atoms with Crippen LogP contribution in [0.2, 0.25) is 4.34 Å². The SMILES string of the molecule is Nc1nc(C(=O)O)c(-c2ccsc2Cl)s1. The van der Waals surface area contributed by atoms with E-state index in [-0.39, 0.29) is 10.8 Å². The Hall–Kier alpha value is -1.11. The van der Waals surface area contributed by atoms with Crippen LogP contribution in [0, 0.1) is 0 Å². The molecule has 0 aromatic carbocycles. The van der Waals surface area contributed by atoms with Crippen molar-refractivity contribution in [2.45, 2.75) is 0 Å². The minimum atomic E-state index is -1.10. The summed E-state index contributed by atoms with van der Waals surface area (Å²) in [4.78, 5) is 15.1. The van der Waals surface area contributed by atoms with Gasteiger partial charge in [0.05, 0.1) is 4.88 Å². The number of hydrogen-bond donors (Lipinski definition) is 2. The number of aromatic carboxylic acids is 1. The first-order chi connectivity index (χ1) is 7.09. The van der Waals surface area contributed by atoms with Crippen LogP contribution in [0.3, 0.4) is 0 Å². The van der Waals surface area contributed by atoms with Crippen LogP contribution in [0.25, 0.3) is 10.4 Å². The normalized spacial score (nSPS) is 10.5. The van der Waals surface area contributed by atoms with Crippen molar-refractivity contribution in [1.82, 2.24) is 4.98 Å². The number of hydrogen-bond acceptors (Lipinski definition) is 5. The van der Waals surface area contributed by atoms with Gasteiger partial charge < -0.3 is 10.8 Å². The zero-order valence-corrected chi connectivity index (χ0v) is 9.62. The summed E-state index contributed by atoms with van der Waals surface area (Å²) in [7, 11) is 0. The van der Waals surface area contributed by atoms with Crippen LogP contribution in [0.1, 0.15) is 10.5 Å². The van der Waals surface area contributed by atoms with E-state index < -0.39 is 5.97 Å². The highest BCUT2D eigenvalue weighted by atomic mass is 35.5. The van der Waals surface area contributed by atoms with Crippen molar-refractivity contribution in [2.24, 2.45) is 0 Å². The van der Waals surface area contributed by atoms with E-state index in [0.29, 0.717) is 14.8 Å². The Kier molecular flexibility index (Phi) is 2.64. The fourth-order valence-corrected chi connectivity index (χ4v) is 3.03. The van der Waals surface area contributed by atoms with Crippen molar-refractivity contribution < 1.29 is 9.90 Å². The molecule has 0 aliphatic rings. The van der Waals surface area contributed by atoms with Crippen molar-refractivity contribution in [1.29, 1.82) is 0 Å². The van der Waals surface area contributed by atoms with E-state index in [1.54, 1.807) is 11.4 Å². The number of thiophene rings is 1. The summed E-state index contributed by atoms with van der Waals surface area (Å²) >= 11 is 8.39. The fourth-order valence-electron chi connectivity index (χ4n) is 1.12. The number of nitrogens with two attached hydrogens (primary N) is 1. The maximum Gasteiger partial charge on any atom is 0.356 e. The Morgan fingerprint density at radius 1 is 1.60 bits per heavy atom. The molecular formula is C8H5ClN2O2S2. The lowest BCUT2D eigenvalue weighted by Gasteiger charge is -1.94. The minimum absolute atomic E-state index is 0.0437. The number of nitrogens with zero attached hydrogens (tertiary/aromatic N) is 1. The molecule has 2 aromatic heterocycles. The molecule has 0 unspecified atom stereocenters. The molecule has 2 rings (SSSR count). The van der Waals surface area contributed by atoms with Gasteiger partial charge in [-0.2, -0.15) is 0 Å². The molecule has 2 heterocycles. The minimum Gasteiger partial charge on any atom is -0.476 e. The molecule has 4 nitrogen and oxygen atoms in total. The molecule has 0 radical (unpaired) electrons. The van der Waals surface area contributed by atoms with E-state index in [9.17, 15) is 4.79 Å². The van der Waals surface area contributed by atoms with Crippen LogP contribution in [0.5, 0.6) is 0 Å². The number of carboxylic acid groups (broad SMARTS) is 1. The van der Waals surface area contributed by atoms with Crippen molar-refractivity contribution in [3.63, 3.8) is 0 Å². The van der Waals surface area contributed by atoms with Crippen LogP contribution in [0.4, 0.5) is 5.13 Å². The first-order valence-corrected chi connectivity index (χ1v) is 5.90. The number of rotatable bonds is 2. The molecule has 0 atom stereocenters. The van der Waals surface area contributed by atoms with E-state index in [4.69, 9.17) is 22.4 Å². The number of nitrogen functional groups attached to an aromatic ring is 1. The maximum absolute atomic E-state index is 10.9. The predicted molar refractivity (Wildman–Crippen MR) is 61.8 cm³/mol. The van der Waals surface area contributed by atoms with Gasteiger partial charge in [0.2, 0.25) is 0 Å². The predicted octanol–water partition coefficient (Wildman–Crippen LogP) is 2.81. The molecule has 0 aliphatic carbocycles. The fraction of sp³-hybridized carbons (Fsp3) is 0. The van der Waals surface area contributed by atoms with E-state index in [0.717, 1.165) is 11.3 Å². The summed E-state index contributed by atoms with van der Waals surface area (Å²) in [5.74, 6) is -1.10. The molecule has 78 valence electrons.